The minimum Gasteiger partial charge on any atom is -0.357 e. The number of nitrogens with one attached hydrogen (secondary N) is 1. The van der Waals surface area contributed by atoms with Crippen LogP contribution >= 0.6 is 11.6 Å². The zero-order chi connectivity index (χ0) is 13.1. The third-order valence-corrected chi connectivity index (χ3v) is 3.32. The van der Waals surface area contributed by atoms with E-state index in [9.17, 15) is 0 Å². The predicted octanol–water partition coefficient (Wildman–Crippen LogP) is 1.10. The molecule has 1 saturated heterocycles. The van der Waals surface area contributed by atoms with E-state index in [-0.39, 0.29) is 5.28 Å². The van der Waals surface area contributed by atoms with Gasteiger partial charge in [0, 0.05) is 39.3 Å². The van der Waals surface area contributed by atoms with E-state index in [4.69, 9.17) is 11.6 Å². The van der Waals surface area contributed by atoms with Crippen molar-refractivity contribution in [1.82, 2.24) is 19.9 Å². The molecule has 6 nitrogen and oxygen atoms in total. The third-order valence-electron chi connectivity index (χ3n) is 3.15. The quantitative estimate of drug-likeness (QED) is 0.888. The number of halogens is 1. The Morgan fingerprint density at radius 1 is 1.11 bits per heavy atom. The molecule has 0 spiro atoms. The Kier molecular flexibility index (Phi) is 4.19. The van der Waals surface area contributed by atoms with Gasteiger partial charge in [0.2, 0.25) is 17.2 Å². The molecule has 0 atom stereocenters. The van der Waals surface area contributed by atoms with Gasteiger partial charge in [-0.1, -0.05) is 0 Å². The highest BCUT2D eigenvalue weighted by Gasteiger charge is 2.21. The Morgan fingerprint density at radius 3 is 2.33 bits per heavy atom. The molecule has 1 aliphatic rings. The lowest BCUT2D eigenvalue weighted by Gasteiger charge is -2.36. The maximum absolute atomic E-state index is 5.89. The minimum absolute atomic E-state index is 0.232. The molecule has 0 aromatic carbocycles. The zero-order valence-corrected chi connectivity index (χ0v) is 11.8. The third kappa shape index (κ3) is 3.00. The molecule has 0 bridgehead atoms. The van der Waals surface area contributed by atoms with Gasteiger partial charge in [-0.3, -0.25) is 4.90 Å². The van der Waals surface area contributed by atoms with Crippen molar-refractivity contribution in [2.24, 2.45) is 0 Å². The van der Waals surface area contributed by atoms with Gasteiger partial charge in [-0.15, -0.1) is 0 Å². The molecule has 1 aromatic rings. The summed E-state index contributed by atoms with van der Waals surface area (Å²) in [7, 11) is 1.77. The number of rotatable bonds is 3. The molecule has 0 aliphatic carbocycles. The van der Waals surface area contributed by atoms with Gasteiger partial charge in [-0.05, 0) is 25.4 Å². The minimum atomic E-state index is 0.232. The van der Waals surface area contributed by atoms with E-state index in [1.165, 1.54) is 0 Å². The van der Waals surface area contributed by atoms with E-state index in [0.29, 0.717) is 17.9 Å². The fourth-order valence-corrected chi connectivity index (χ4v) is 2.19. The van der Waals surface area contributed by atoms with Crippen molar-refractivity contribution < 1.29 is 0 Å². The van der Waals surface area contributed by atoms with Crippen molar-refractivity contribution in [3.05, 3.63) is 5.28 Å². The first-order chi connectivity index (χ1) is 8.60. The van der Waals surface area contributed by atoms with Gasteiger partial charge in [0.25, 0.3) is 0 Å². The van der Waals surface area contributed by atoms with Gasteiger partial charge in [0.1, 0.15) is 0 Å². The van der Waals surface area contributed by atoms with Crippen LogP contribution in [0, 0.1) is 0 Å². The standard InChI is InChI=1S/C11H19ClN6/c1-8(2)17-4-6-18(7-5-17)11-15-9(12)14-10(13-3)16-11/h8H,4-7H2,1-3H3,(H,13,14,15,16). The Hall–Kier alpha value is -1.14. The van der Waals surface area contributed by atoms with Gasteiger partial charge in [0.15, 0.2) is 0 Å². The molecule has 0 radical (unpaired) electrons. The van der Waals surface area contributed by atoms with Gasteiger partial charge < -0.3 is 10.2 Å². The van der Waals surface area contributed by atoms with E-state index in [0.717, 1.165) is 26.2 Å². The molecule has 0 amide bonds. The molecule has 0 saturated carbocycles. The van der Waals surface area contributed by atoms with Crippen LogP contribution in [0.15, 0.2) is 0 Å². The van der Waals surface area contributed by atoms with Crippen molar-refractivity contribution in [1.29, 1.82) is 0 Å². The molecule has 2 heterocycles. The summed E-state index contributed by atoms with van der Waals surface area (Å²) in [6, 6.07) is 0.585. The first-order valence-electron chi connectivity index (χ1n) is 6.18. The summed E-state index contributed by atoms with van der Waals surface area (Å²) in [5.41, 5.74) is 0. The smallest absolute Gasteiger partial charge is 0.231 e. The maximum Gasteiger partial charge on any atom is 0.231 e. The molecule has 18 heavy (non-hydrogen) atoms. The average molecular weight is 271 g/mol. The summed E-state index contributed by atoms with van der Waals surface area (Å²) in [5.74, 6) is 1.17. The maximum atomic E-state index is 5.89. The highest BCUT2D eigenvalue weighted by molar-refractivity contribution is 6.28. The first kappa shape index (κ1) is 13.3. The van der Waals surface area contributed by atoms with Crippen LogP contribution in [0.4, 0.5) is 11.9 Å². The van der Waals surface area contributed by atoms with Crippen LogP contribution in [0.1, 0.15) is 13.8 Å². The van der Waals surface area contributed by atoms with Crippen molar-refractivity contribution >= 4 is 23.5 Å². The summed E-state index contributed by atoms with van der Waals surface area (Å²) >= 11 is 5.89. The van der Waals surface area contributed by atoms with Gasteiger partial charge in [-0.2, -0.15) is 15.0 Å². The van der Waals surface area contributed by atoms with Crippen molar-refractivity contribution in [3.8, 4) is 0 Å². The highest BCUT2D eigenvalue weighted by atomic mass is 35.5. The Labute approximate surface area is 112 Å². The van der Waals surface area contributed by atoms with E-state index in [2.05, 4.69) is 43.9 Å². The van der Waals surface area contributed by atoms with Crippen LogP contribution in [-0.2, 0) is 0 Å². The molecule has 1 aromatic heterocycles. The summed E-state index contributed by atoms with van der Waals surface area (Å²) in [6.45, 7) is 8.32. The van der Waals surface area contributed by atoms with E-state index < -0.39 is 0 Å². The topological polar surface area (TPSA) is 57.2 Å². The van der Waals surface area contributed by atoms with Crippen molar-refractivity contribution in [3.63, 3.8) is 0 Å². The summed E-state index contributed by atoms with van der Waals surface area (Å²) in [6.07, 6.45) is 0. The van der Waals surface area contributed by atoms with Gasteiger partial charge in [-0.25, -0.2) is 0 Å². The van der Waals surface area contributed by atoms with Crippen LogP contribution in [0.25, 0.3) is 0 Å². The summed E-state index contributed by atoms with van der Waals surface area (Å²) in [5, 5.41) is 3.12. The predicted molar refractivity (Wildman–Crippen MR) is 73.3 cm³/mol. The lowest BCUT2D eigenvalue weighted by Crippen LogP contribution is -2.49. The van der Waals surface area contributed by atoms with Crippen molar-refractivity contribution in [2.75, 3.05) is 43.4 Å². The van der Waals surface area contributed by atoms with Crippen LogP contribution < -0.4 is 10.2 Å². The number of aromatic nitrogens is 3. The molecule has 7 heteroatoms. The lowest BCUT2D eigenvalue weighted by molar-refractivity contribution is 0.208. The molecule has 0 unspecified atom stereocenters. The fraction of sp³-hybridized carbons (Fsp3) is 0.727. The van der Waals surface area contributed by atoms with E-state index >= 15 is 0 Å². The van der Waals surface area contributed by atoms with E-state index in [1.807, 2.05) is 0 Å². The molecule has 2 rings (SSSR count). The second kappa shape index (κ2) is 5.67. The number of hydrogen-bond acceptors (Lipinski definition) is 6. The van der Waals surface area contributed by atoms with Crippen LogP contribution in [0.3, 0.4) is 0 Å². The second-order valence-electron chi connectivity index (χ2n) is 4.59. The van der Waals surface area contributed by atoms with Crippen LogP contribution in [0.5, 0.6) is 0 Å². The molecule has 1 aliphatic heterocycles. The first-order valence-corrected chi connectivity index (χ1v) is 6.56. The van der Waals surface area contributed by atoms with Gasteiger partial charge in [0.05, 0.1) is 0 Å². The average Bonchev–Trinajstić information content (AvgIpc) is 2.38. The molecular weight excluding hydrogens is 252 g/mol. The SMILES string of the molecule is CNc1nc(Cl)nc(N2CCN(C(C)C)CC2)n1. The highest BCUT2D eigenvalue weighted by Crippen LogP contribution is 2.16. The lowest BCUT2D eigenvalue weighted by atomic mass is 10.2. The Balaban J connectivity index is 2.07. The van der Waals surface area contributed by atoms with Crippen LogP contribution in [-0.4, -0.2) is 59.1 Å². The molecular formula is C11H19ClN6. The normalized spacial score (nSPS) is 17.3. The summed E-state index contributed by atoms with van der Waals surface area (Å²) < 4.78 is 0. The number of nitrogens with zero attached hydrogens (tertiary/aromatic N) is 5. The van der Waals surface area contributed by atoms with E-state index in [1.54, 1.807) is 7.05 Å². The largest absolute Gasteiger partial charge is 0.357 e. The second-order valence-corrected chi connectivity index (χ2v) is 4.93. The molecule has 100 valence electrons. The van der Waals surface area contributed by atoms with Gasteiger partial charge >= 0.3 is 0 Å². The molecule has 1 N–H and O–H groups in total. The Morgan fingerprint density at radius 2 is 1.78 bits per heavy atom. The molecule has 1 fully saturated rings. The summed E-state index contributed by atoms with van der Waals surface area (Å²) in [4.78, 5) is 17.1. The van der Waals surface area contributed by atoms with Crippen molar-refractivity contribution in [2.45, 2.75) is 19.9 Å². The zero-order valence-electron chi connectivity index (χ0n) is 11.0. The Bertz CT molecular complexity index is 403. The number of anilines is 2. The monoisotopic (exact) mass is 270 g/mol. The number of hydrogen-bond donors (Lipinski definition) is 1. The fourth-order valence-electron chi connectivity index (χ4n) is 2.03. The van der Waals surface area contributed by atoms with Crippen LogP contribution in [0.2, 0.25) is 5.28 Å². The number of piperazine rings is 1.